The number of piperazine rings is 1. The largest absolute Gasteiger partial charge is 0.377 e. The van der Waals surface area contributed by atoms with E-state index >= 15 is 0 Å². The highest BCUT2D eigenvalue weighted by Crippen LogP contribution is 2.37. The highest BCUT2D eigenvalue weighted by Gasteiger charge is 2.26. The van der Waals surface area contributed by atoms with Gasteiger partial charge in [0, 0.05) is 60.8 Å². The van der Waals surface area contributed by atoms with Gasteiger partial charge < -0.3 is 24.4 Å². The van der Waals surface area contributed by atoms with E-state index in [1.165, 1.54) is 11.3 Å². The molecule has 2 fully saturated rings. The molecule has 0 radical (unpaired) electrons. The molecule has 2 aromatic carbocycles. The number of aromatic amines is 1. The molecule has 0 amide bonds. The van der Waals surface area contributed by atoms with Crippen LogP contribution in [0.25, 0.3) is 33.2 Å². The summed E-state index contributed by atoms with van der Waals surface area (Å²) in [5.41, 5.74) is 5.67. The van der Waals surface area contributed by atoms with E-state index in [1.54, 1.807) is 0 Å². The number of aryl methyl sites for hydroxylation is 1. The molecule has 2 aromatic heterocycles. The summed E-state index contributed by atoms with van der Waals surface area (Å²) >= 11 is 0. The smallest absolute Gasteiger partial charge is 0.162 e. The molecule has 0 spiro atoms. The van der Waals surface area contributed by atoms with Crippen LogP contribution in [0, 0.1) is 6.92 Å². The van der Waals surface area contributed by atoms with Crippen molar-refractivity contribution < 1.29 is 4.74 Å². The van der Waals surface area contributed by atoms with Crippen molar-refractivity contribution in [3.8, 4) is 11.4 Å². The fraction of sp³-hybridized carbons (Fsp3) is 0.407. The van der Waals surface area contributed by atoms with Crippen molar-refractivity contribution in [3.63, 3.8) is 0 Å². The number of likely N-dealkylation sites (N-methyl/N-ethyl adjacent to an activating group) is 1. The van der Waals surface area contributed by atoms with Crippen LogP contribution < -0.4 is 9.80 Å². The monoisotopic (exact) mass is 456 g/mol. The van der Waals surface area contributed by atoms with Gasteiger partial charge in [-0.2, -0.15) is 0 Å². The molecule has 34 heavy (non-hydrogen) atoms. The number of morpholine rings is 1. The first-order valence-electron chi connectivity index (χ1n) is 12.3. The van der Waals surface area contributed by atoms with Crippen LogP contribution in [-0.2, 0) is 4.74 Å². The Hall–Kier alpha value is -3.16. The van der Waals surface area contributed by atoms with Crippen molar-refractivity contribution in [2.24, 2.45) is 0 Å². The third kappa shape index (κ3) is 3.69. The third-order valence-corrected chi connectivity index (χ3v) is 7.22. The number of fused-ring (bicyclic) bond motifs is 2. The molecular weight excluding hydrogens is 424 g/mol. The Balaban J connectivity index is 1.60. The molecule has 0 bridgehead atoms. The molecule has 0 unspecified atom stereocenters. The van der Waals surface area contributed by atoms with E-state index in [1.807, 2.05) is 6.20 Å². The number of benzene rings is 2. The summed E-state index contributed by atoms with van der Waals surface area (Å²) in [7, 11) is 2.20. The molecule has 176 valence electrons. The summed E-state index contributed by atoms with van der Waals surface area (Å²) in [6.07, 6.45) is 1.99. The maximum absolute atomic E-state index is 5.76. The first-order chi connectivity index (χ1) is 16.6. The quantitative estimate of drug-likeness (QED) is 0.502. The van der Waals surface area contributed by atoms with Gasteiger partial charge in [-0.15, -0.1) is 0 Å². The van der Waals surface area contributed by atoms with Gasteiger partial charge in [-0.3, -0.25) is 0 Å². The Labute approximate surface area is 200 Å². The lowest BCUT2D eigenvalue weighted by Gasteiger charge is -2.36. The van der Waals surface area contributed by atoms with E-state index in [9.17, 15) is 0 Å². The van der Waals surface area contributed by atoms with E-state index < -0.39 is 0 Å². The SMILES string of the molecule is Cc1cc(N2CCN(C)CC2)c2nc(-c3cccc4[nH]ccc34)nc(N3CCOC[C@H]3C)c2c1. The van der Waals surface area contributed by atoms with Crippen molar-refractivity contribution in [2.45, 2.75) is 19.9 Å². The molecule has 7 nitrogen and oxygen atoms in total. The van der Waals surface area contributed by atoms with Crippen molar-refractivity contribution in [3.05, 3.63) is 48.2 Å². The van der Waals surface area contributed by atoms with Crippen molar-refractivity contribution in [2.75, 3.05) is 62.8 Å². The lowest BCUT2D eigenvalue weighted by Crippen LogP contribution is -2.45. The van der Waals surface area contributed by atoms with Gasteiger partial charge in [0.25, 0.3) is 0 Å². The lowest BCUT2D eigenvalue weighted by molar-refractivity contribution is 0.0987. The molecule has 2 aliphatic rings. The predicted octanol–water partition coefficient (Wildman–Crippen LogP) is 4.06. The molecule has 6 rings (SSSR count). The Morgan fingerprint density at radius 3 is 2.68 bits per heavy atom. The standard InChI is InChI=1S/C27H32N6O/c1-18-15-22-25(24(16-18)32-11-9-31(3)10-12-32)29-26(21-5-4-6-23-20(21)7-8-28-23)30-27(22)33-13-14-34-17-19(33)2/h4-8,15-16,19,28H,9-14,17H2,1-3H3/t19-/m1/s1. The summed E-state index contributed by atoms with van der Waals surface area (Å²) < 4.78 is 5.76. The predicted molar refractivity (Wildman–Crippen MR) is 139 cm³/mol. The minimum absolute atomic E-state index is 0.260. The van der Waals surface area contributed by atoms with E-state index in [0.29, 0.717) is 6.61 Å². The third-order valence-electron chi connectivity index (χ3n) is 7.22. The van der Waals surface area contributed by atoms with Crippen LogP contribution in [0.15, 0.2) is 42.6 Å². The number of H-pyrrole nitrogens is 1. The average Bonchev–Trinajstić information content (AvgIpc) is 3.33. The van der Waals surface area contributed by atoms with E-state index in [0.717, 1.165) is 78.3 Å². The maximum Gasteiger partial charge on any atom is 0.162 e. The van der Waals surface area contributed by atoms with Gasteiger partial charge in [0.1, 0.15) is 5.82 Å². The number of ether oxygens (including phenoxy) is 1. The van der Waals surface area contributed by atoms with Crippen LogP contribution in [0.2, 0.25) is 0 Å². The van der Waals surface area contributed by atoms with Gasteiger partial charge in [0.05, 0.1) is 30.5 Å². The van der Waals surface area contributed by atoms with E-state index in [2.05, 4.69) is 77.0 Å². The second-order valence-corrected chi connectivity index (χ2v) is 9.70. The molecule has 7 heteroatoms. The van der Waals surface area contributed by atoms with Gasteiger partial charge in [-0.1, -0.05) is 12.1 Å². The van der Waals surface area contributed by atoms with Crippen LogP contribution in [-0.4, -0.2) is 78.9 Å². The summed E-state index contributed by atoms with van der Waals surface area (Å²) in [5.74, 6) is 1.80. The first-order valence-corrected chi connectivity index (χ1v) is 12.3. The normalized spacial score (nSPS) is 19.9. The molecule has 4 heterocycles. The zero-order valence-corrected chi connectivity index (χ0v) is 20.2. The van der Waals surface area contributed by atoms with Gasteiger partial charge in [0.2, 0.25) is 0 Å². The van der Waals surface area contributed by atoms with E-state index in [4.69, 9.17) is 14.7 Å². The molecule has 1 atom stereocenters. The molecule has 0 saturated carbocycles. The van der Waals surface area contributed by atoms with Crippen molar-refractivity contribution >= 4 is 33.3 Å². The lowest BCUT2D eigenvalue weighted by atomic mass is 10.1. The number of aromatic nitrogens is 3. The van der Waals surface area contributed by atoms with E-state index in [-0.39, 0.29) is 6.04 Å². The summed E-state index contributed by atoms with van der Waals surface area (Å²) in [6.45, 7) is 10.8. The van der Waals surface area contributed by atoms with Crippen LogP contribution in [0.3, 0.4) is 0 Å². The van der Waals surface area contributed by atoms with Gasteiger partial charge in [0.15, 0.2) is 5.82 Å². The minimum Gasteiger partial charge on any atom is -0.377 e. The summed E-state index contributed by atoms with van der Waals surface area (Å²) in [4.78, 5) is 21.1. The highest BCUT2D eigenvalue weighted by molar-refractivity contribution is 6.01. The highest BCUT2D eigenvalue weighted by atomic mass is 16.5. The molecule has 2 saturated heterocycles. The van der Waals surface area contributed by atoms with Crippen LogP contribution in [0.1, 0.15) is 12.5 Å². The second-order valence-electron chi connectivity index (χ2n) is 9.70. The second kappa shape index (κ2) is 8.56. The van der Waals surface area contributed by atoms with Crippen molar-refractivity contribution in [1.82, 2.24) is 19.9 Å². The zero-order valence-electron chi connectivity index (χ0n) is 20.2. The molecule has 1 N–H and O–H groups in total. The topological polar surface area (TPSA) is 60.5 Å². The molecular formula is C27H32N6O. The minimum atomic E-state index is 0.260. The fourth-order valence-electron chi connectivity index (χ4n) is 5.29. The van der Waals surface area contributed by atoms with Crippen LogP contribution in [0.5, 0.6) is 0 Å². The fourth-order valence-corrected chi connectivity index (χ4v) is 5.29. The molecule has 0 aliphatic carbocycles. The Morgan fingerprint density at radius 1 is 1.00 bits per heavy atom. The van der Waals surface area contributed by atoms with Crippen molar-refractivity contribution in [1.29, 1.82) is 0 Å². The number of nitrogens with one attached hydrogen (secondary N) is 1. The summed E-state index contributed by atoms with van der Waals surface area (Å²) in [6, 6.07) is 13.2. The number of hydrogen-bond acceptors (Lipinski definition) is 6. The van der Waals surface area contributed by atoms with Gasteiger partial charge >= 0.3 is 0 Å². The number of nitrogens with zero attached hydrogens (tertiary/aromatic N) is 5. The Morgan fingerprint density at radius 2 is 1.85 bits per heavy atom. The Kier molecular flexibility index (Phi) is 5.38. The zero-order chi connectivity index (χ0) is 23.2. The number of anilines is 2. The van der Waals surface area contributed by atoms with Crippen LogP contribution in [0.4, 0.5) is 11.5 Å². The van der Waals surface area contributed by atoms with Gasteiger partial charge in [-0.25, -0.2) is 9.97 Å². The first kappa shape index (κ1) is 21.4. The average molecular weight is 457 g/mol. The van der Waals surface area contributed by atoms with Gasteiger partial charge in [-0.05, 0) is 50.7 Å². The number of rotatable bonds is 3. The maximum atomic E-state index is 5.76. The molecule has 4 aromatic rings. The van der Waals surface area contributed by atoms with Crippen LogP contribution >= 0.6 is 0 Å². The Bertz CT molecular complexity index is 1340. The number of hydrogen-bond donors (Lipinski definition) is 1. The summed E-state index contributed by atoms with van der Waals surface area (Å²) in [5, 5.41) is 2.28. The molecule has 2 aliphatic heterocycles.